The van der Waals surface area contributed by atoms with Crippen LogP contribution in [0, 0.1) is 0 Å². The fraction of sp³-hybridized carbons (Fsp3) is 0.200. The number of aromatic nitrogens is 1. The van der Waals surface area contributed by atoms with Gasteiger partial charge in [0, 0.05) is 12.7 Å². The molecule has 1 heterocycles. The van der Waals surface area contributed by atoms with Crippen LogP contribution in [0.3, 0.4) is 0 Å². The van der Waals surface area contributed by atoms with E-state index < -0.39 is 6.10 Å². The molecule has 5 nitrogen and oxygen atoms in total. The fourth-order valence-electron chi connectivity index (χ4n) is 1.72. The molecule has 0 bridgehead atoms. The monoisotopic (exact) mass is 272 g/mol. The second-order valence-electron chi connectivity index (χ2n) is 4.21. The predicted octanol–water partition coefficient (Wildman–Crippen LogP) is 1.55. The van der Waals surface area contributed by atoms with Gasteiger partial charge in [0.1, 0.15) is 11.4 Å². The van der Waals surface area contributed by atoms with Crippen LogP contribution in [0.15, 0.2) is 48.7 Å². The molecule has 0 saturated carbocycles. The van der Waals surface area contributed by atoms with Gasteiger partial charge in [0.25, 0.3) is 5.91 Å². The van der Waals surface area contributed by atoms with Crippen molar-refractivity contribution in [1.82, 2.24) is 10.3 Å². The first-order chi connectivity index (χ1) is 9.70. The minimum Gasteiger partial charge on any atom is -0.497 e. The van der Waals surface area contributed by atoms with E-state index in [0.717, 1.165) is 5.75 Å². The molecule has 1 aromatic carbocycles. The lowest BCUT2D eigenvalue weighted by molar-refractivity contribution is 0.0911. The van der Waals surface area contributed by atoms with Crippen LogP contribution >= 0.6 is 0 Å². The number of carbonyl (C=O) groups excluding carboxylic acids is 1. The van der Waals surface area contributed by atoms with Crippen molar-refractivity contribution >= 4 is 5.91 Å². The zero-order valence-corrected chi connectivity index (χ0v) is 11.1. The average molecular weight is 272 g/mol. The first kappa shape index (κ1) is 14.0. The molecule has 2 N–H and O–H groups in total. The number of rotatable bonds is 5. The molecule has 1 atom stereocenters. The van der Waals surface area contributed by atoms with Crippen LogP contribution in [0.25, 0.3) is 0 Å². The summed E-state index contributed by atoms with van der Waals surface area (Å²) in [5, 5.41) is 12.6. The van der Waals surface area contributed by atoms with Gasteiger partial charge in [-0.1, -0.05) is 18.2 Å². The predicted molar refractivity (Wildman–Crippen MR) is 74.5 cm³/mol. The third-order valence-corrected chi connectivity index (χ3v) is 2.85. The molecule has 20 heavy (non-hydrogen) atoms. The number of aliphatic hydroxyl groups excluding tert-OH is 1. The largest absolute Gasteiger partial charge is 0.497 e. The summed E-state index contributed by atoms with van der Waals surface area (Å²) in [6, 6.07) is 12.1. The van der Waals surface area contributed by atoms with Gasteiger partial charge in [-0.2, -0.15) is 0 Å². The summed E-state index contributed by atoms with van der Waals surface area (Å²) in [5.41, 5.74) is 1.04. The van der Waals surface area contributed by atoms with E-state index >= 15 is 0 Å². The number of methoxy groups -OCH3 is 1. The van der Waals surface area contributed by atoms with Crippen molar-refractivity contribution < 1.29 is 14.6 Å². The number of nitrogens with zero attached hydrogens (tertiary/aromatic N) is 1. The van der Waals surface area contributed by atoms with E-state index in [1.807, 2.05) is 0 Å². The summed E-state index contributed by atoms with van der Waals surface area (Å²) in [6.07, 6.45) is 0.781. The molecule has 0 fully saturated rings. The molecule has 1 amide bonds. The molecular weight excluding hydrogens is 256 g/mol. The van der Waals surface area contributed by atoms with Crippen LogP contribution in [-0.2, 0) is 0 Å². The lowest BCUT2D eigenvalue weighted by Gasteiger charge is -2.12. The van der Waals surface area contributed by atoms with Gasteiger partial charge in [0.05, 0.1) is 13.2 Å². The van der Waals surface area contributed by atoms with Gasteiger partial charge in [0.15, 0.2) is 0 Å². The highest BCUT2D eigenvalue weighted by molar-refractivity contribution is 5.92. The molecule has 0 spiro atoms. The maximum Gasteiger partial charge on any atom is 0.269 e. The van der Waals surface area contributed by atoms with Crippen molar-refractivity contribution in [2.24, 2.45) is 0 Å². The number of ether oxygens (including phenoxy) is 1. The van der Waals surface area contributed by atoms with Gasteiger partial charge in [-0.3, -0.25) is 9.78 Å². The Balaban J connectivity index is 1.91. The molecule has 1 unspecified atom stereocenters. The van der Waals surface area contributed by atoms with Crippen LogP contribution in [0.4, 0.5) is 0 Å². The molecule has 2 aromatic rings. The van der Waals surface area contributed by atoms with Crippen molar-refractivity contribution in [2.75, 3.05) is 13.7 Å². The first-order valence-electron chi connectivity index (χ1n) is 6.22. The average Bonchev–Trinajstić information content (AvgIpc) is 2.53. The Hall–Kier alpha value is -2.40. The van der Waals surface area contributed by atoms with Gasteiger partial charge < -0.3 is 15.2 Å². The quantitative estimate of drug-likeness (QED) is 0.866. The molecule has 104 valence electrons. The molecule has 0 aliphatic carbocycles. The minimum absolute atomic E-state index is 0.127. The van der Waals surface area contributed by atoms with E-state index in [2.05, 4.69) is 10.3 Å². The molecule has 1 aromatic heterocycles. The van der Waals surface area contributed by atoms with Crippen molar-refractivity contribution in [2.45, 2.75) is 6.10 Å². The lowest BCUT2D eigenvalue weighted by Crippen LogP contribution is -2.28. The van der Waals surface area contributed by atoms with Crippen LogP contribution in [0.5, 0.6) is 5.75 Å². The molecule has 0 aliphatic rings. The normalized spacial score (nSPS) is 11.7. The minimum atomic E-state index is -0.770. The number of aliphatic hydroxyl groups is 1. The number of nitrogens with one attached hydrogen (secondary N) is 1. The van der Waals surface area contributed by atoms with Gasteiger partial charge in [-0.25, -0.2) is 0 Å². The Labute approximate surface area is 117 Å². The molecule has 0 aliphatic heterocycles. The van der Waals surface area contributed by atoms with E-state index in [4.69, 9.17) is 4.74 Å². The Morgan fingerprint density at radius 3 is 2.65 bits per heavy atom. The number of pyridine rings is 1. The van der Waals surface area contributed by atoms with Crippen LogP contribution in [0.1, 0.15) is 22.2 Å². The van der Waals surface area contributed by atoms with Crippen LogP contribution < -0.4 is 10.1 Å². The third kappa shape index (κ3) is 3.55. The SMILES string of the molecule is COc1ccc(C(O)CNC(=O)c2ccccn2)cc1. The lowest BCUT2D eigenvalue weighted by atomic mass is 10.1. The Morgan fingerprint density at radius 2 is 2.05 bits per heavy atom. The van der Waals surface area contributed by atoms with Crippen molar-refractivity contribution in [1.29, 1.82) is 0 Å². The van der Waals surface area contributed by atoms with Gasteiger partial charge in [0.2, 0.25) is 0 Å². The number of benzene rings is 1. The topological polar surface area (TPSA) is 71.5 Å². The highest BCUT2D eigenvalue weighted by Crippen LogP contribution is 2.16. The zero-order valence-electron chi connectivity index (χ0n) is 11.1. The number of hydrogen-bond acceptors (Lipinski definition) is 4. The maximum atomic E-state index is 11.8. The molecule has 2 rings (SSSR count). The number of carbonyl (C=O) groups is 1. The third-order valence-electron chi connectivity index (χ3n) is 2.85. The van der Waals surface area contributed by atoms with Crippen LogP contribution in [-0.4, -0.2) is 29.7 Å². The van der Waals surface area contributed by atoms with Crippen molar-refractivity contribution in [3.05, 3.63) is 59.9 Å². The van der Waals surface area contributed by atoms with E-state index in [0.29, 0.717) is 11.3 Å². The number of amides is 1. The zero-order chi connectivity index (χ0) is 14.4. The molecule has 0 radical (unpaired) electrons. The Morgan fingerprint density at radius 1 is 1.30 bits per heavy atom. The second kappa shape index (κ2) is 6.68. The first-order valence-corrected chi connectivity index (χ1v) is 6.22. The van der Waals surface area contributed by atoms with Gasteiger partial charge in [-0.15, -0.1) is 0 Å². The molecule has 5 heteroatoms. The van der Waals surface area contributed by atoms with E-state index in [1.54, 1.807) is 55.8 Å². The second-order valence-corrected chi connectivity index (χ2v) is 4.21. The van der Waals surface area contributed by atoms with Gasteiger partial charge in [-0.05, 0) is 29.8 Å². The highest BCUT2D eigenvalue weighted by Gasteiger charge is 2.11. The molecular formula is C15H16N2O3. The Bertz CT molecular complexity index is 555. The highest BCUT2D eigenvalue weighted by atomic mass is 16.5. The smallest absolute Gasteiger partial charge is 0.269 e. The summed E-state index contributed by atoms with van der Waals surface area (Å²) in [4.78, 5) is 15.7. The summed E-state index contributed by atoms with van der Waals surface area (Å²) in [7, 11) is 1.58. The summed E-state index contributed by atoms with van der Waals surface area (Å²) >= 11 is 0. The summed E-state index contributed by atoms with van der Waals surface area (Å²) in [5.74, 6) is 0.414. The Kier molecular flexibility index (Phi) is 4.68. The molecule has 0 saturated heterocycles. The van der Waals surface area contributed by atoms with Crippen LogP contribution in [0.2, 0.25) is 0 Å². The van der Waals surface area contributed by atoms with E-state index in [-0.39, 0.29) is 12.5 Å². The number of hydrogen-bond donors (Lipinski definition) is 2. The maximum absolute atomic E-state index is 11.8. The summed E-state index contributed by atoms with van der Waals surface area (Å²) < 4.78 is 5.05. The summed E-state index contributed by atoms with van der Waals surface area (Å²) in [6.45, 7) is 0.127. The standard InChI is InChI=1S/C15H16N2O3/c1-20-12-7-5-11(6-8-12)14(18)10-17-15(19)13-4-2-3-9-16-13/h2-9,14,18H,10H2,1H3,(H,17,19). The van der Waals surface area contributed by atoms with Crippen molar-refractivity contribution in [3.63, 3.8) is 0 Å². The van der Waals surface area contributed by atoms with Crippen molar-refractivity contribution in [3.8, 4) is 5.75 Å². The fourth-order valence-corrected chi connectivity index (χ4v) is 1.72. The van der Waals surface area contributed by atoms with Gasteiger partial charge >= 0.3 is 0 Å². The van der Waals surface area contributed by atoms with E-state index in [9.17, 15) is 9.90 Å². The van der Waals surface area contributed by atoms with E-state index in [1.165, 1.54) is 0 Å².